The monoisotopic (exact) mass is 400 g/mol. The minimum atomic E-state index is -0.490. The molecule has 6 heteroatoms. The van der Waals surface area contributed by atoms with Crippen LogP contribution in [0.2, 0.25) is 0 Å². The number of carbonyl (C=O) groups is 3. The van der Waals surface area contributed by atoms with Gasteiger partial charge in [0.2, 0.25) is 0 Å². The molecule has 0 unspecified atom stereocenters. The molecule has 0 aromatic rings. The summed E-state index contributed by atoms with van der Waals surface area (Å²) in [6.07, 6.45) is 10.5. The van der Waals surface area contributed by atoms with E-state index in [1.165, 1.54) is 13.8 Å². The summed E-state index contributed by atoms with van der Waals surface area (Å²) in [5.74, 6) is 9.50. The lowest BCUT2D eigenvalue weighted by Crippen LogP contribution is -2.22. The van der Waals surface area contributed by atoms with Crippen LogP contribution in [0.15, 0.2) is 36.5 Å². The topological polar surface area (TPSA) is 78.9 Å². The quantitative estimate of drug-likeness (QED) is 0.243. The van der Waals surface area contributed by atoms with Crippen molar-refractivity contribution in [2.75, 3.05) is 13.2 Å². The van der Waals surface area contributed by atoms with Gasteiger partial charge in [0, 0.05) is 20.3 Å². The molecule has 0 N–H and O–H groups in total. The molecular formula is C23H28O6. The van der Waals surface area contributed by atoms with Gasteiger partial charge in [0.1, 0.15) is 12.7 Å². The van der Waals surface area contributed by atoms with Gasteiger partial charge in [-0.3, -0.25) is 14.4 Å². The summed E-state index contributed by atoms with van der Waals surface area (Å²) in [7, 11) is 0. The first kappa shape index (κ1) is 25.8. The highest BCUT2D eigenvalue weighted by Crippen LogP contribution is 2.09. The Morgan fingerprint density at radius 2 is 1.62 bits per heavy atom. The van der Waals surface area contributed by atoms with Crippen LogP contribution >= 0.6 is 0 Å². The summed E-state index contributed by atoms with van der Waals surface area (Å²) in [4.78, 5) is 33.4. The second kappa shape index (κ2) is 16.9. The molecule has 0 amide bonds. The molecule has 0 aromatic carbocycles. The average molecular weight is 400 g/mol. The molecule has 0 aromatic heterocycles. The maximum Gasteiger partial charge on any atom is 0.309 e. The van der Waals surface area contributed by atoms with Crippen LogP contribution in [0.4, 0.5) is 0 Å². The Kier molecular flexibility index (Phi) is 15.0. The van der Waals surface area contributed by atoms with Gasteiger partial charge in [-0.25, -0.2) is 0 Å². The molecule has 0 saturated carbocycles. The van der Waals surface area contributed by atoms with Gasteiger partial charge in [0.05, 0.1) is 12.5 Å². The lowest BCUT2D eigenvalue weighted by molar-refractivity contribution is -0.152. The Morgan fingerprint density at radius 1 is 0.966 bits per heavy atom. The van der Waals surface area contributed by atoms with Crippen molar-refractivity contribution in [3.8, 4) is 23.7 Å². The van der Waals surface area contributed by atoms with E-state index in [1.54, 1.807) is 43.4 Å². The zero-order valence-corrected chi connectivity index (χ0v) is 17.4. The highest BCUT2D eigenvalue weighted by molar-refractivity contribution is 5.72. The molecule has 0 spiro atoms. The Labute approximate surface area is 173 Å². The number of carbonyl (C=O) groups excluding carboxylic acids is 3. The van der Waals surface area contributed by atoms with E-state index in [-0.39, 0.29) is 37.0 Å². The van der Waals surface area contributed by atoms with E-state index in [4.69, 9.17) is 14.2 Å². The van der Waals surface area contributed by atoms with Gasteiger partial charge < -0.3 is 14.2 Å². The number of ether oxygens (including phenoxy) is 3. The zero-order valence-electron chi connectivity index (χ0n) is 17.4. The molecule has 6 nitrogen and oxygen atoms in total. The van der Waals surface area contributed by atoms with Gasteiger partial charge in [-0.05, 0) is 42.6 Å². The fraction of sp³-hybridized carbons (Fsp3) is 0.435. The zero-order chi connectivity index (χ0) is 21.9. The van der Waals surface area contributed by atoms with E-state index in [0.29, 0.717) is 12.8 Å². The van der Waals surface area contributed by atoms with Crippen LogP contribution in [0.3, 0.4) is 0 Å². The predicted molar refractivity (Wildman–Crippen MR) is 110 cm³/mol. The van der Waals surface area contributed by atoms with Crippen molar-refractivity contribution in [2.45, 2.75) is 46.6 Å². The maximum atomic E-state index is 12.0. The van der Waals surface area contributed by atoms with Crippen molar-refractivity contribution in [3.63, 3.8) is 0 Å². The second-order valence-electron chi connectivity index (χ2n) is 5.90. The molecule has 0 heterocycles. The van der Waals surface area contributed by atoms with Gasteiger partial charge in [-0.15, -0.1) is 0 Å². The van der Waals surface area contributed by atoms with E-state index in [2.05, 4.69) is 23.7 Å². The van der Waals surface area contributed by atoms with Crippen LogP contribution in [0.25, 0.3) is 0 Å². The number of allylic oxidation sites excluding steroid dienone is 4. The minimum Gasteiger partial charge on any atom is -0.466 e. The molecule has 0 radical (unpaired) electrons. The van der Waals surface area contributed by atoms with Gasteiger partial charge in [0.25, 0.3) is 0 Å². The van der Waals surface area contributed by atoms with E-state index >= 15 is 0 Å². The predicted octanol–water partition coefficient (Wildman–Crippen LogP) is 3.14. The SMILES string of the molecule is CC[C@@H](C)C(=O)O[C@H](C=CC=CC#CC#CC=CCOC(C)=O)CCOC(C)=O. The van der Waals surface area contributed by atoms with E-state index < -0.39 is 6.10 Å². The molecular weight excluding hydrogens is 372 g/mol. The van der Waals surface area contributed by atoms with Gasteiger partial charge in [-0.2, -0.15) is 0 Å². The van der Waals surface area contributed by atoms with Crippen LogP contribution in [-0.4, -0.2) is 37.2 Å². The molecule has 0 rings (SSSR count). The number of rotatable bonds is 10. The molecule has 0 fully saturated rings. The minimum absolute atomic E-state index is 0.169. The van der Waals surface area contributed by atoms with Crippen LogP contribution in [0, 0.1) is 29.6 Å². The van der Waals surface area contributed by atoms with E-state index in [0.717, 1.165) is 0 Å². The summed E-state index contributed by atoms with van der Waals surface area (Å²) in [6, 6.07) is 0. The highest BCUT2D eigenvalue weighted by atomic mass is 16.6. The second-order valence-corrected chi connectivity index (χ2v) is 5.90. The number of hydrogen-bond donors (Lipinski definition) is 0. The average Bonchev–Trinajstić information content (AvgIpc) is 2.67. The van der Waals surface area contributed by atoms with Crippen LogP contribution in [-0.2, 0) is 28.6 Å². The molecule has 2 atom stereocenters. The molecule has 0 bridgehead atoms. The van der Waals surface area contributed by atoms with Crippen LogP contribution in [0.1, 0.15) is 40.5 Å². The fourth-order valence-electron chi connectivity index (χ4n) is 1.67. The van der Waals surface area contributed by atoms with Crippen molar-refractivity contribution in [1.82, 2.24) is 0 Å². The maximum absolute atomic E-state index is 12.0. The number of hydrogen-bond acceptors (Lipinski definition) is 6. The van der Waals surface area contributed by atoms with Crippen molar-refractivity contribution >= 4 is 17.9 Å². The standard InChI is InChI=1S/C23H28O6/c1-5-19(2)23(26)29-22(16-18-28-21(4)25)15-13-11-9-7-6-8-10-12-14-17-27-20(3)24/h9,11-15,19,22H,5,16-18H2,1-4H3/t19-,22-/m1/s1. The van der Waals surface area contributed by atoms with Gasteiger partial charge >= 0.3 is 17.9 Å². The van der Waals surface area contributed by atoms with Gasteiger partial charge in [-0.1, -0.05) is 37.8 Å². The summed E-state index contributed by atoms with van der Waals surface area (Å²) in [5, 5.41) is 0. The van der Waals surface area contributed by atoms with Crippen molar-refractivity contribution in [1.29, 1.82) is 0 Å². The fourth-order valence-corrected chi connectivity index (χ4v) is 1.67. The summed E-state index contributed by atoms with van der Waals surface area (Å²) >= 11 is 0. The van der Waals surface area contributed by atoms with Crippen molar-refractivity contribution in [2.24, 2.45) is 5.92 Å². The molecule has 0 aliphatic rings. The summed E-state index contributed by atoms with van der Waals surface area (Å²) < 4.78 is 15.1. The lowest BCUT2D eigenvalue weighted by Gasteiger charge is -2.16. The Hall–Kier alpha value is -3.25. The largest absolute Gasteiger partial charge is 0.466 e. The Bertz CT molecular complexity index is 737. The summed E-state index contributed by atoms with van der Waals surface area (Å²) in [5.41, 5.74) is 0. The first-order chi connectivity index (χ1) is 13.9. The summed E-state index contributed by atoms with van der Waals surface area (Å²) in [6.45, 7) is 6.73. The lowest BCUT2D eigenvalue weighted by atomic mass is 10.1. The van der Waals surface area contributed by atoms with Crippen molar-refractivity contribution in [3.05, 3.63) is 36.5 Å². The third-order valence-corrected chi connectivity index (χ3v) is 3.40. The van der Waals surface area contributed by atoms with Gasteiger partial charge in [0.15, 0.2) is 0 Å². The first-order valence-corrected chi connectivity index (χ1v) is 9.33. The Morgan fingerprint density at radius 3 is 2.24 bits per heavy atom. The van der Waals surface area contributed by atoms with Crippen molar-refractivity contribution < 1.29 is 28.6 Å². The van der Waals surface area contributed by atoms with Crippen LogP contribution in [0.5, 0.6) is 0 Å². The normalized spacial score (nSPS) is 12.6. The van der Waals surface area contributed by atoms with E-state index in [9.17, 15) is 14.4 Å². The third-order valence-electron chi connectivity index (χ3n) is 3.40. The van der Waals surface area contributed by atoms with Crippen LogP contribution < -0.4 is 0 Å². The highest BCUT2D eigenvalue weighted by Gasteiger charge is 2.17. The molecule has 156 valence electrons. The molecule has 0 saturated heterocycles. The molecule has 0 aliphatic carbocycles. The van der Waals surface area contributed by atoms with E-state index in [1.807, 2.05) is 6.92 Å². The first-order valence-electron chi connectivity index (χ1n) is 9.33. The molecule has 0 aliphatic heterocycles. The molecule has 29 heavy (non-hydrogen) atoms. The number of esters is 3. The smallest absolute Gasteiger partial charge is 0.309 e. The third kappa shape index (κ3) is 16.6. The Balaban J connectivity index is 4.58.